The third-order valence-electron chi connectivity index (χ3n) is 4.15. The molecule has 0 heterocycles. The molecule has 3 rings (SSSR count). The molecule has 0 saturated heterocycles. The molecule has 0 aliphatic rings. The lowest BCUT2D eigenvalue weighted by Crippen LogP contribution is -2.12. The van der Waals surface area contributed by atoms with E-state index in [0.717, 1.165) is 29.0 Å². The summed E-state index contributed by atoms with van der Waals surface area (Å²) in [6.45, 7) is 3.43. The number of hydrogen-bond donors (Lipinski definition) is 3. The predicted molar refractivity (Wildman–Crippen MR) is 106 cm³/mol. The van der Waals surface area contributed by atoms with Crippen molar-refractivity contribution in [3.8, 4) is 11.1 Å². The summed E-state index contributed by atoms with van der Waals surface area (Å²) in [5.41, 5.74) is 5.33. The van der Waals surface area contributed by atoms with Crippen LogP contribution in [0.4, 0.5) is 11.4 Å². The second-order valence-electron chi connectivity index (χ2n) is 6.00. The van der Waals surface area contributed by atoms with Gasteiger partial charge >= 0.3 is 0 Å². The molecule has 0 saturated carbocycles. The first kappa shape index (κ1) is 17.1. The van der Waals surface area contributed by atoms with Crippen molar-refractivity contribution < 1.29 is 5.11 Å². The number of nitrogens with one attached hydrogen (secondary N) is 2. The van der Waals surface area contributed by atoms with Crippen molar-refractivity contribution in [2.45, 2.75) is 13.0 Å². The number of aliphatic hydroxyl groups excluding tert-OH is 1. The van der Waals surface area contributed by atoms with Crippen molar-refractivity contribution in [3.63, 3.8) is 0 Å². The molecule has 3 N–H and O–H groups in total. The maximum atomic E-state index is 10.4. The molecule has 3 heteroatoms. The molecule has 3 aromatic rings. The van der Waals surface area contributed by atoms with Gasteiger partial charge in [0.25, 0.3) is 0 Å². The van der Waals surface area contributed by atoms with E-state index < -0.39 is 6.10 Å². The molecule has 0 spiro atoms. The number of anilines is 2. The Bertz CT molecular complexity index is 785. The highest BCUT2D eigenvalue weighted by molar-refractivity contribution is 5.63. The van der Waals surface area contributed by atoms with Crippen molar-refractivity contribution in [3.05, 3.63) is 84.4 Å². The van der Waals surface area contributed by atoms with Crippen LogP contribution >= 0.6 is 0 Å². The van der Waals surface area contributed by atoms with Crippen LogP contribution < -0.4 is 10.6 Å². The highest BCUT2D eigenvalue weighted by Crippen LogP contribution is 2.22. The Labute approximate surface area is 149 Å². The molecule has 0 aromatic heterocycles. The summed E-state index contributed by atoms with van der Waals surface area (Å²) in [6.07, 6.45) is -0.549. The maximum Gasteiger partial charge on any atom is 0.0962 e. The average molecular weight is 332 g/mol. The Morgan fingerprint density at radius 2 is 1.40 bits per heavy atom. The Morgan fingerprint density at radius 1 is 0.760 bits per heavy atom. The summed E-state index contributed by atoms with van der Waals surface area (Å²) in [5.74, 6) is 0. The van der Waals surface area contributed by atoms with Crippen molar-refractivity contribution in [1.29, 1.82) is 0 Å². The summed E-state index contributed by atoms with van der Waals surface area (Å²) in [4.78, 5) is 0. The summed E-state index contributed by atoms with van der Waals surface area (Å²) >= 11 is 0. The second kappa shape index (κ2) is 8.36. The van der Waals surface area contributed by atoms with E-state index in [0.29, 0.717) is 6.54 Å². The summed E-state index contributed by atoms with van der Waals surface area (Å²) in [7, 11) is 0. The molecule has 0 aliphatic heterocycles. The molecule has 0 fully saturated rings. The Morgan fingerprint density at radius 3 is 2.08 bits per heavy atom. The molecule has 0 amide bonds. The zero-order valence-corrected chi connectivity index (χ0v) is 14.4. The average Bonchev–Trinajstić information content (AvgIpc) is 2.67. The van der Waals surface area contributed by atoms with Crippen LogP contribution in [0.15, 0.2) is 78.9 Å². The molecule has 1 atom stereocenters. The molecular formula is C22H24N2O. The van der Waals surface area contributed by atoms with Gasteiger partial charge in [0.15, 0.2) is 0 Å². The number of rotatable bonds is 7. The van der Waals surface area contributed by atoms with Crippen LogP contribution in [0.1, 0.15) is 18.6 Å². The van der Waals surface area contributed by atoms with Gasteiger partial charge in [0.1, 0.15) is 0 Å². The zero-order chi connectivity index (χ0) is 17.5. The lowest BCUT2D eigenvalue weighted by Gasteiger charge is -2.15. The maximum absolute atomic E-state index is 10.4. The highest BCUT2D eigenvalue weighted by Gasteiger charge is 2.08. The van der Waals surface area contributed by atoms with Gasteiger partial charge in [-0.1, -0.05) is 60.7 Å². The van der Waals surface area contributed by atoms with Gasteiger partial charge in [-0.15, -0.1) is 0 Å². The molecular weight excluding hydrogens is 308 g/mol. The molecule has 1 unspecified atom stereocenters. The molecule has 3 nitrogen and oxygen atoms in total. The lowest BCUT2D eigenvalue weighted by atomic mass is 10.0. The molecule has 0 radical (unpaired) electrons. The molecule has 0 aliphatic carbocycles. The Kier molecular flexibility index (Phi) is 5.70. The SMILES string of the molecule is CCNc1cccc(NCC(O)c2ccc(-c3ccccc3)cc2)c1. The standard InChI is InChI=1S/C22H24N2O/c1-2-23-20-9-6-10-21(15-20)24-16-22(25)19-13-11-18(12-14-19)17-7-4-3-5-8-17/h3-15,22-25H,2,16H2,1H3. The van der Waals surface area contributed by atoms with Crippen LogP contribution in [0.3, 0.4) is 0 Å². The van der Waals surface area contributed by atoms with E-state index in [2.05, 4.69) is 47.9 Å². The third-order valence-corrected chi connectivity index (χ3v) is 4.15. The first-order valence-electron chi connectivity index (χ1n) is 8.67. The first-order chi connectivity index (χ1) is 12.3. The van der Waals surface area contributed by atoms with Gasteiger partial charge in [-0.2, -0.15) is 0 Å². The number of benzene rings is 3. The van der Waals surface area contributed by atoms with E-state index in [9.17, 15) is 5.11 Å². The molecule has 3 aromatic carbocycles. The van der Waals surface area contributed by atoms with Crippen LogP contribution in [0.5, 0.6) is 0 Å². The van der Waals surface area contributed by atoms with Crippen LogP contribution in [-0.2, 0) is 0 Å². The fraction of sp³-hybridized carbons (Fsp3) is 0.182. The van der Waals surface area contributed by atoms with Crippen molar-refractivity contribution >= 4 is 11.4 Å². The van der Waals surface area contributed by atoms with E-state index in [-0.39, 0.29) is 0 Å². The quantitative estimate of drug-likeness (QED) is 0.575. The lowest BCUT2D eigenvalue weighted by molar-refractivity contribution is 0.191. The molecule has 128 valence electrons. The van der Waals surface area contributed by atoms with E-state index in [1.165, 1.54) is 5.56 Å². The monoisotopic (exact) mass is 332 g/mol. The van der Waals surface area contributed by atoms with Gasteiger partial charge in [0.05, 0.1) is 6.10 Å². The van der Waals surface area contributed by atoms with E-state index in [1.54, 1.807) is 0 Å². The minimum Gasteiger partial charge on any atom is -0.387 e. The largest absolute Gasteiger partial charge is 0.387 e. The van der Waals surface area contributed by atoms with Gasteiger partial charge in [-0.25, -0.2) is 0 Å². The van der Waals surface area contributed by atoms with Crippen LogP contribution in [0.25, 0.3) is 11.1 Å². The van der Waals surface area contributed by atoms with Gasteiger partial charge in [-0.05, 0) is 41.8 Å². The van der Waals surface area contributed by atoms with E-state index in [1.807, 2.05) is 48.5 Å². The minimum absolute atomic E-state index is 0.472. The summed E-state index contributed by atoms with van der Waals surface area (Å²) in [5, 5.41) is 17.0. The Balaban J connectivity index is 1.61. The van der Waals surface area contributed by atoms with Crippen molar-refractivity contribution in [2.75, 3.05) is 23.7 Å². The van der Waals surface area contributed by atoms with Crippen molar-refractivity contribution in [1.82, 2.24) is 0 Å². The van der Waals surface area contributed by atoms with E-state index in [4.69, 9.17) is 0 Å². The van der Waals surface area contributed by atoms with E-state index >= 15 is 0 Å². The summed E-state index contributed by atoms with van der Waals surface area (Å²) < 4.78 is 0. The number of hydrogen-bond acceptors (Lipinski definition) is 3. The molecule has 25 heavy (non-hydrogen) atoms. The van der Waals surface area contributed by atoms with Crippen LogP contribution in [0.2, 0.25) is 0 Å². The zero-order valence-electron chi connectivity index (χ0n) is 14.4. The number of aliphatic hydroxyl groups is 1. The molecule has 0 bridgehead atoms. The van der Waals surface area contributed by atoms with Gasteiger partial charge < -0.3 is 15.7 Å². The van der Waals surface area contributed by atoms with Gasteiger partial charge in [-0.3, -0.25) is 0 Å². The van der Waals surface area contributed by atoms with Crippen molar-refractivity contribution in [2.24, 2.45) is 0 Å². The first-order valence-corrected chi connectivity index (χ1v) is 8.67. The Hall–Kier alpha value is -2.78. The smallest absolute Gasteiger partial charge is 0.0962 e. The summed E-state index contributed by atoms with van der Waals surface area (Å²) in [6, 6.07) is 26.4. The van der Waals surface area contributed by atoms with Crippen LogP contribution in [0, 0.1) is 0 Å². The fourth-order valence-electron chi connectivity index (χ4n) is 2.80. The topological polar surface area (TPSA) is 44.3 Å². The third kappa shape index (κ3) is 4.61. The highest BCUT2D eigenvalue weighted by atomic mass is 16.3. The minimum atomic E-state index is -0.549. The van der Waals surface area contributed by atoms with Crippen LogP contribution in [-0.4, -0.2) is 18.2 Å². The van der Waals surface area contributed by atoms with Gasteiger partial charge in [0.2, 0.25) is 0 Å². The second-order valence-corrected chi connectivity index (χ2v) is 6.00. The fourth-order valence-corrected chi connectivity index (χ4v) is 2.80. The normalized spacial score (nSPS) is 11.8. The van der Waals surface area contributed by atoms with Gasteiger partial charge in [0, 0.05) is 24.5 Å². The predicted octanol–water partition coefficient (Wildman–Crippen LogP) is 4.93.